The van der Waals surface area contributed by atoms with Gasteiger partial charge < -0.3 is 39.4 Å². The van der Waals surface area contributed by atoms with Gasteiger partial charge in [-0.2, -0.15) is 0 Å². The Morgan fingerprint density at radius 2 is 1.66 bits per heavy atom. The van der Waals surface area contributed by atoms with Gasteiger partial charge in [0.25, 0.3) is 0 Å². The predicted octanol–water partition coefficient (Wildman–Crippen LogP) is 3.72. The molecule has 5 aliphatic carbocycles. The first kappa shape index (κ1) is 31.8. The molecule has 9 nitrogen and oxygen atoms in total. The quantitative estimate of drug-likeness (QED) is 0.268. The van der Waals surface area contributed by atoms with Crippen LogP contribution in [0.3, 0.4) is 0 Å². The third-order valence-electron chi connectivity index (χ3n) is 14.5. The molecule has 5 saturated carbocycles. The second-order valence-electron chi connectivity index (χ2n) is 17.4. The molecule has 7 fully saturated rings. The summed E-state index contributed by atoms with van der Waals surface area (Å²) in [7, 11) is 0. The number of aliphatic hydroxyl groups excluding tert-OH is 3. The molecule has 0 amide bonds. The van der Waals surface area contributed by atoms with Crippen LogP contribution in [0.4, 0.5) is 0 Å². The van der Waals surface area contributed by atoms with Gasteiger partial charge in [-0.3, -0.25) is 4.79 Å². The van der Waals surface area contributed by atoms with E-state index in [1.54, 1.807) is 13.8 Å². The van der Waals surface area contributed by atoms with E-state index in [1.807, 2.05) is 0 Å². The summed E-state index contributed by atoms with van der Waals surface area (Å²) < 4.78 is 24.6. The molecule has 7 rings (SSSR count). The van der Waals surface area contributed by atoms with E-state index in [4.69, 9.17) is 18.9 Å². The number of carbonyl (C=O) groups is 1. The molecule has 250 valence electrons. The minimum Gasteiger partial charge on any atom is -0.457 e. The van der Waals surface area contributed by atoms with Crippen molar-refractivity contribution in [1.82, 2.24) is 0 Å². The molecule has 2 saturated heterocycles. The highest BCUT2D eigenvalue weighted by Gasteiger charge is 2.81. The van der Waals surface area contributed by atoms with Crippen LogP contribution in [0.2, 0.25) is 0 Å². The molecule has 0 aromatic carbocycles. The van der Waals surface area contributed by atoms with Gasteiger partial charge in [0.15, 0.2) is 12.4 Å². The summed E-state index contributed by atoms with van der Waals surface area (Å²) in [5.74, 6) is 1.00. The normalized spacial score (nSPS) is 53.3. The number of fused-ring (bicyclic) bond motifs is 4. The van der Waals surface area contributed by atoms with Gasteiger partial charge in [0.05, 0.1) is 42.7 Å². The Morgan fingerprint density at radius 3 is 2.34 bits per heavy atom. The highest BCUT2D eigenvalue weighted by molar-refractivity contribution is 5.66. The van der Waals surface area contributed by atoms with Crippen molar-refractivity contribution >= 4 is 5.97 Å². The zero-order valence-corrected chi connectivity index (χ0v) is 27.5. The lowest BCUT2D eigenvalue weighted by atomic mass is 9.46. The van der Waals surface area contributed by atoms with Gasteiger partial charge in [0.2, 0.25) is 0 Å². The standard InChI is InChI=1S/C35H56O9/c1-18(36)42-30(32(4,5)40)23-9-7-20-29(43-23)28(39)27-19-8-10-24-31(2,3)25(44-26-15-21(37)22(38)16-41-26)11-12-35(24)17-34(19,35)14-13-33(20,27)6/h19-30,37-40H,7-17H2,1-6H3/t19?,20-,21+,22?,23?,24?,25-,26?,27?,28+,29?,30-,33?,34-,35?/m0/s1. The number of hydrogen-bond acceptors (Lipinski definition) is 9. The summed E-state index contributed by atoms with van der Waals surface area (Å²) in [6, 6.07) is 0. The van der Waals surface area contributed by atoms with Gasteiger partial charge in [0.1, 0.15) is 6.10 Å². The molecule has 2 spiro atoms. The number of rotatable bonds is 5. The molecule has 44 heavy (non-hydrogen) atoms. The molecular formula is C35H56O9. The second kappa shape index (κ2) is 10.3. The largest absolute Gasteiger partial charge is 0.457 e. The number of aliphatic hydroxyl groups is 4. The van der Waals surface area contributed by atoms with Crippen molar-refractivity contribution in [3.05, 3.63) is 0 Å². The Labute approximate surface area is 262 Å². The molecule has 9 heteroatoms. The van der Waals surface area contributed by atoms with Gasteiger partial charge in [-0.05, 0) is 117 Å². The minimum atomic E-state index is -1.24. The van der Waals surface area contributed by atoms with Crippen molar-refractivity contribution < 1.29 is 44.2 Å². The monoisotopic (exact) mass is 620 g/mol. The van der Waals surface area contributed by atoms with Crippen molar-refractivity contribution in [2.24, 2.45) is 45.3 Å². The lowest BCUT2D eigenvalue weighted by molar-refractivity contribution is -0.264. The fourth-order valence-corrected chi connectivity index (χ4v) is 12.6. The molecule has 15 atom stereocenters. The summed E-state index contributed by atoms with van der Waals surface area (Å²) in [4.78, 5) is 11.9. The van der Waals surface area contributed by atoms with Gasteiger partial charge in [-0.25, -0.2) is 0 Å². The molecule has 4 N–H and O–H groups in total. The van der Waals surface area contributed by atoms with Crippen molar-refractivity contribution in [2.45, 2.75) is 160 Å². The van der Waals surface area contributed by atoms with E-state index in [0.717, 1.165) is 38.5 Å². The Bertz CT molecular complexity index is 1140. The van der Waals surface area contributed by atoms with Crippen LogP contribution in [0.5, 0.6) is 0 Å². The smallest absolute Gasteiger partial charge is 0.303 e. The van der Waals surface area contributed by atoms with Crippen LogP contribution >= 0.6 is 0 Å². The average Bonchev–Trinajstić information content (AvgIpc) is 3.55. The zero-order chi connectivity index (χ0) is 31.6. The lowest BCUT2D eigenvalue weighted by Gasteiger charge is -2.60. The van der Waals surface area contributed by atoms with Crippen molar-refractivity contribution in [3.63, 3.8) is 0 Å². The minimum absolute atomic E-state index is 0.00675. The molecule has 0 aromatic rings. The van der Waals surface area contributed by atoms with Gasteiger partial charge >= 0.3 is 5.97 Å². The van der Waals surface area contributed by atoms with Gasteiger partial charge in [0, 0.05) is 13.3 Å². The summed E-state index contributed by atoms with van der Waals surface area (Å²) >= 11 is 0. The number of ether oxygens (including phenoxy) is 4. The number of carbonyl (C=O) groups excluding carboxylic acids is 1. The molecule has 2 heterocycles. The first-order valence-corrected chi connectivity index (χ1v) is 17.4. The van der Waals surface area contributed by atoms with Crippen molar-refractivity contribution in [2.75, 3.05) is 6.61 Å². The molecule has 0 radical (unpaired) electrons. The van der Waals surface area contributed by atoms with Crippen molar-refractivity contribution in [3.8, 4) is 0 Å². The van der Waals surface area contributed by atoms with Gasteiger partial charge in [-0.15, -0.1) is 0 Å². The first-order valence-electron chi connectivity index (χ1n) is 17.4. The van der Waals surface area contributed by atoms with Crippen LogP contribution in [0.15, 0.2) is 0 Å². The number of hydrogen-bond donors (Lipinski definition) is 4. The first-order chi connectivity index (χ1) is 20.5. The van der Waals surface area contributed by atoms with E-state index in [1.165, 1.54) is 19.8 Å². The van der Waals surface area contributed by atoms with E-state index in [-0.39, 0.29) is 52.3 Å². The Hall–Kier alpha value is -0.810. The SMILES string of the molecule is CC(=O)O[C@@H](C1CC[C@H]2C(O1)[C@H](O)C1C3CCC4C(C)(C)[C@@H](OC5C[C@@H](O)C(O)CO5)CCC45C[C@@]35CCC12C)C(C)(C)O. The molecule has 0 aromatic heterocycles. The molecule has 7 aliphatic rings. The van der Waals surface area contributed by atoms with E-state index >= 15 is 0 Å². The predicted molar refractivity (Wildman–Crippen MR) is 160 cm³/mol. The Kier molecular flexibility index (Phi) is 7.47. The lowest BCUT2D eigenvalue weighted by Crippen LogP contribution is -2.56. The Balaban J connectivity index is 1.09. The maximum atomic E-state index is 12.1. The van der Waals surface area contributed by atoms with Crippen LogP contribution < -0.4 is 0 Å². The molecule has 9 unspecified atom stereocenters. The zero-order valence-electron chi connectivity index (χ0n) is 27.5. The molecule has 0 bridgehead atoms. The Morgan fingerprint density at radius 1 is 0.932 bits per heavy atom. The second-order valence-corrected chi connectivity index (χ2v) is 17.4. The fraction of sp³-hybridized carbons (Fsp3) is 0.971. The van der Waals surface area contributed by atoms with Crippen LogP contribution in [-0.4, -0.2) is 87.6 Å². The van der Waals surface area contributed by atoms with E-state index in [9.17, 15) is 25.2 Å². The highest BCUT2D eigenvalue weighted by Crippen LogP contribution is 2.87. The fourth-order valence-electron chi connectivity index (χ4n) is 12.6. The van der Waals surface area contributed by atoms with Crippen LogP contribution in [0.1, 0.15) is 106 Å². The van der Waals surface area contributed by atoms with Crippen LogP contribution in [0.25, 0.3) is 0 Å². The summed E-state index contributed by atoms with van der Waals surface area (Å²) in [5, 5.41) is 43.1. The summed E-state index contributed by atoms with van der Waals surface area (Å²) in [5.41, 5.74) is -0.745. The summed E-state index contributed by atoms with van der Waals surface area (Å²) in [6.07, 6.45) is 5.58. The molecule has 2 aliphatic heterocycles. The average molecular weight is 621 g/mol. The topological polar surface area (TPSA) is 135 Å². The maximum absolute atomic E-state index is 12.1. The highest BCUT2D eigenvalue weighted by atomic mass is 16.7. The van der Waals surface area contributed by atoms with E-state index in [2.05, 4.69) is 20.8 Å². The summed E-state index contributed by atoms with van der Waals surface area (Å²) in [6.45, 7) is 11.9. The van der Waals surface area contributed by atoms with Crippen LogP contribution in [0, 0.1) is 45.3 Å². The number of esters is 1. The van der Waals surface area contributed by atoms with E-state index in [0.29, 0.717) is 24.7 Å². The van der Waals surface area contributed by atoms with Crippen molar-refractivity contribution in [1.29, 1.82) is 0 Å². The molecular weight excluding hydrogens is 564 g/mol. The van der Waals surface area contributed by atoms with Crippen LogP contribution in [-0.2, 0) is 23.7 Å². The third kappa shape index (κ3) is 4.46. The van der Waals surface area contributed by atoms with Gasteiger partial charge in [-0.1, -0.05) is 20.8 Å². The maximum Gasteiger partial charge on any atom is 0.303 e. The third-order valence-corrected chi connectivity index (χ3v) is 14.5. The van der Waals surface area contributed by atoms with E-state index < -0.39 is 48.4 Å².